The monoisotopic (exact) mass is 296 g/mol. The second-order valence-corrected chi connectivity index (χ2v) is 6.36. The summed E-state index contributed by atoms with van der Waals surface area (Å²) < 4.78 is 13.3. The lowest BCUT2D eigenvalue weighted by molar-refractivity contribution is 0.111. The Morgan fingerprint density at radius 2 is 2.15 bits per heavy atom. The van der Waals surface area contributed by atoms with Crippen molar-refractivity contribution in [1.29, 1.82) is 0 Å². The van der Waals surface area contributed by atoms with Gasteiger partial charge in [0.25, 0.3) is 0 Å². The molecular weight excluding hydrogens is 275 g/mol. The zero-order chi connectivity index (χ0) is 14.1. The highest BCUT2D eigenvalue weighted by molar-refractivity contribution is 6.33. The third-order valence-corrected chi connectivity index (χ3v) is 5.04. The van der Waals surface area contributed by atoms with Crippen molar-refractivity contribution in [3.05, 3.63) is 29.0 Å². The Morgan fingerprint density at radius 1 is 1.30 bits per heavy atom. The van der Waals surface area contributed by atoms with Crippen molar-refractivity contribution in [3.63, 3.8) is 0 Å². The third kappa shape index (κ3) is 2.66. The highest BCUT2D eigenvalue weighted by Crippen LogP contribution is 2.33. The Bertz CT molecular complexity index is 480. The topological polar surface area (TPSA) is 6.48 Å². The number of nitrogens with zero attached hydrogens (tertiary/aromatic N) is 2. The number of anilines is 1. The maximum absolute atomic E-state index is 13.3. The molecule has 2 aliphatic rings. The van der Waals surface area contributed by atoms with E-state index in [-0.39, 0.29) is 5.82 Å². The average molecular weight is 297 g/mol. The van der Waals surface area contributed by atoms with E-state index in [1.54, 1.807) is 0 Å². The fraction of sp³-hybridized carbons (Fsp3) is 0.625. The van der Waals surface area contributed by atoms with E-state index >= 15 is 0 Å². The maximum Gasteiger partial charge on any atom is 0.124 e. The Labute approximate surface area is 125 Å². The van der Waals surface area contributed by atoms with Gasteiger partial charge in [-0.15, -0.1) is 0 Å². The van der Waals surface area contributed by atoms with Crippen LogP contribution < -0.4 is 4.90 Å². The zero-order valence-electron chi connectivity index (χ0n) is 12.0. The summed E-state index contributed by atoms with van der Waals surface area (Å²) in [5, 5.41) is 0.535. The summed E-state index contributed by atoms with van der Waals surface area (Å²) in [4.78, 5) is 5.03. The van der Waals surface area contributed by atoms with Crippen LogP contribution in [0.2, 0.25) is 5.02 Å². The highest BCUT2D eigenvalue weighted by Gasteiger charge is 2.34. The van der Waals surface area contributed by atoms with E-state index < -0.39 is 0 Å². The molecule has 0 bridgehead atoms. The lowest BCUT2D eigenvalue weighted by Gasteiger charge is -2.49. The summed E-state index contributed by atoms with van der Waals surface area (Å²) in [5.74, 6) is -0.261. The number of hydrogen-bond acceptors (Lipinski definition) is 2. The van der Waals surface area contributed by atoms with E-state index in [0.29, 0.717) is 17.1 Å². The molecule has 2 saturated heterocycles. The van der Waals surface area contributed by atoms with E-state index in [2.05, 4.69) is 16.7 Å². The lowest BCUT2D eigenvalue weighted by atomic mass is 9.95. The van der Waals surface area contributed by atoms with Gasteiger partial charge in [0.1, 0.15) is 5.82 Å². The van der Waals surface area contributed by atoms with Crippen molar-refractivity contribution in [2.75, 3.05) is 24.5 Å². The Balaban J connectivity index is 1.86. The fourth-order valence-electron chi connectivity index (χ4n) is 3.61. The van der Waals surface area contributed by atoms with E-state index in [9.17, 15) is 4.39 Å². The van der Waals surface area contributed by atoms with Crippen LogP contribution in [0.4, 0.5) is 10.1 Å². The van der Waals surface area contributed by atoms with E-state index in [4.69, 9.17) is 11.6 Å². The summed E-state index contributed by atoms with van der Waals surface area (Å²) in [6, 6.07) is 5.89. The molecule has 0 aliphatic carbocycles. The Kier molecular flexibility index (Phi) is 4.18. The summed E-state index contributed by atoms with van der Waals surface area (Å²) in [7, 11) is 0. The smallest absolute Gasteiger partial charge is 0.124 e. The molecule has 3 rings (SSSR count). The molecule has 0 N–H and O–H groups in total. The molecule has 1 aromatic carbocycles. The number of piperazine rings is 1. The molecular formula is C16H22ClFN2. The third-order valence-electron chi connectivity index (χ3n) is 4.73. The van der Waals surface area contributed by atoms with E-state index in [1.807, 2.05) is 6.07 Å². The van der Waals surface area contributed by atoms with Crippen molar-refractivity contribution < 1.29 is 4.39 Å². The van der Waals surface area contributed by atoms with Crippen LogP contribution in [0.3, 0.4) is 0 Å². The van der Waals surface area contributed by atoms with Crippen LogP contribution in [0.5, 0.6) is 0 Å². The van der Waals surface area contributed by atoms with E-state index in [1.165, 1.54) is 37.9 Å². The second-order valence-electron chi connectivity index (χ2n) is 5.95. The largest absolute Gasteiger partial charge is 0.364 e. The van der Waals surface area contributed by atoms with Crippen LogP contribution >= 0.6 is 11.6 Å². The van der Waals surface area contributed by atoms with Gasteiger partial charge < -0.3 is 4.90 Å². The van der Waals surface area contributed by atoms with Gasteiger partial charge in [0.05, 0.1) is 10.7 Å². The zero-order valence-corrected chi connectivity index (χ0v) is 12.7. The molecule has 2 unspecified atom stereocenters. The molecule has 2 heterocycles. The van der Waals surface area contributed by atoms with Crippen LogP contribution in [0, 0.1) is 5.82 Å². The van der Waals surface area contributed by atoms with Gasteiger partial charge in [0.2, 0.25) is 0 Å². The number of fused-ring (bicyclic) bond motifs is 1. The quantitative estimate of drug-likeness (QED) is 0.816. The minimum Gasteiger partial charge on any atom is -0.364 e. The van der Waals surface area contributed by atoms with Crippen LogP contribution in [-0.4, -0.2) is 36.6 Å². The van der Waals surface area contributed by atoms with Gasteiger partial charge in [0, 0.05) is 25.2 Å². The summed E-state index contributed by atoms with van der Waals surface area (Å²) in [6.07, 6.45) is 5.01. The number of halogens is 2. The average Bonchev–Trinajstić information content (AvgIpc) is 2.46. The van der Waals surface area contributed by atoms with Gasteiger partial charge in [-0.1, -0.05) is 24.9 Å². The molecule has 0 amide bonds. The van der Waals surface area contributed by atoms with E-state index in [0.717, 1.165) is 25.2 Å². The summed E-state index contributed by atoms with van der Waals surface area (Å²) >= 11 is 6.27. The molecule has 2 atom stereocenters. The van der Waals surface area contributed by atoms with Gasteiger partial charge in [0.15, 0.2) is 0 Å². The molecule has 2 fully saturated rings. The number of benzene rings is 1. The van der Waals surface area contributed by atoms with Crippen LogP contribution in [-0.2, 0) is 0 Å². The molecule has 0 aromatic heterocycles. The molecule has 0 saturated carbocycles. The minimum atomic E-state index is -0.261. The van der Waals surface area contributed by atoms with Gasteiger partial charge in [-0.2, -0.15) is 0 Å². The summed E-state index contributed by atoms with van der Waals surface area (Å²) in [5.41, 5.74) is 0.991. The second kappa shape index (κ2) is 5.90. The molecule has 1 aromatic rings. The molecule has 2 aliphatic heterocycles. The van der Waals surface area contributed by atoms with Gasteiger partial charge in [-0.25, -0.2) is 4.39 Å². The first-order chi connectivity index (χ1) is 9.69. The molecule has 110 valence electrons. The molecule has 4 heteroatoms. The highest BCUT2D eigenvalue weighted by atomic mass is 35.5. The Morgan fingerprint density at radius 3 is 2.90 bits per heavy atom. The molecule has 2 nitrogen and oxygen atoms in total. The first-order valence-electron chi connectivity index (χ1n) is 7.64. The van der Waals surface area contributed by atoms with Crippen molar-refractivity contribution in [3.8, 4) is 0 Å². The van der Waals surface area contributed by atoms with Crippen molar-refractivity contribution in [1.82, 2.24) is 4.90 Å². The van der Waals surface area contributed by atoms with Crippen molar-refractivity contribution in [2.24, 2.45) is 0 Å². The predicted octanol–water partition coefficient (Wildman–Crippen LogP) is 3.93. The number of rotatable bonds is 2. The molecule has 20 heavy (non-hydrogen) atoms. The number of hydrogen-bond donors (Lipinski definition) is 0. The standard InChI is InChI=1S/C16H22ClFN2/c1-2-13-10-19-8-4-3-5-14(19)11-20(13)16-7-6-12(18)9-15(16)17/h6-7,9,13-14H,2-5,8,10-11H2,1H3. The summed E-state index contributed by atoms with van der Waals surface area (Å²) in [6.45, 7) is 5.57. The molecule has 0 radical (unpaired) electrons. The van der Waals surface area contributed by atoms with Crippen molar-refractivity contribution >= 4 is 17.3 Å². The first kappa shape index (κ1) is 14.2. The number of piperidine rings is 1. The Hall–Kier alpha value is -0.800. The first-order valence-corrected chi connectivity index (χ1v) is 8.02. The van der Waals surface area contributed by atoms with Crippen LogP contribution in [0.1, 0.15) is 32.6 Å². The lowest BCUT2D eigenvalue weighted by Crippen LogP contribution is -2.59. The predicted molar refractivity (Wildman–Crippen MR) is 82.0 cm³/mol. The van der Waals surface area contributed by atoms with Crippen LogP contribution in [0.25, 0.3) is 0 Å². The maximum atomic E-state index is 13.3. The van der Waals surface area contributed by atoms with Gasteiger partial charge in [-0.3, -0.25) is 4.90 Å². The fourth-order valence-corrected chi connectivity index (χ4v) is 3.89. The normalized spacial score (nSPS) is 27.4. The molecule has 0 spiro atoms. The van der Waals surface area contributed by atoms with Crippen molar-refractivity contribution in [2.45, 2.75) is 44.7 Å². The minimum absolute atomic E-state index is 0.261. The van der Waals surface area contributed by atoms with Gasteiger partial charge >= 0.3 is 0 Å². The SMILES string of the molecule is CCC1CN2CCCCC2CN1c1ccc(F)cc1Cl. The van der Waals surface area contributed by atoms with Gasteiger partial charge in [-0.05, 0) is 44.0 Å². The van der Waals surface area contributed by atoms with Crippen LogP contribution in [0.15, 0.2) is 18.2 Å².